The minimum Gasteiger partial charge on any atom is -0.285 e. The molecule has 1 aliphatic heterocycles. The van der Waals surface area contributed by atoms with Crippen molar-refractivity contribution < 1.29 is 4.79 Å². The van der Waals surface area contributed by atoms with Crippen LogP contribution in [-0.4, -0.2) is 33.5 Å². The van der Waals surface area contributed by atoms with Gasteiger partial charge in [0.1, 0.15) is 0 Å². The Hall–Kier alpha value is -2.40. The second-order valence-corrected chi connectivity index (χ2v) is 9.45. The number of amidine groups is 1. The lowest BCUT2D eigenvalue weighted by atomic mass is 9.94. The van der Waals surface area contributed by atoms with Gasteiger partial charge in [-0.2, -0.15) is 5.10 Å². The molecule has 3 aliphatic rings. The molecule has 2 aromatic carbocycles. The number of nitrogens with zero attached hydrogens (tertiary/aromatic N) is 3. The SMILES string of the molecule is O=C1[C@H](Cc2ccccc2)S/C(=N/N=C\c2ccccc2)N1[C@H]1C[C@@H]2CC[C@@H]1C2. The van der Waals surface area contributed by atoms with Gasteiger partial charge in [0.15, 0.2) is 5.17 Å². The van der Waals surface area contributed by atoms with Gasteiger partial charge in [-0.05, 0) is 48.6 Å². The topological polar surface area (TPSA) is 45.0 Å². The van der Waals surface area contributed by atoms with Gasteiger partial charge >= 0.3 is 0 Å². The summed E-state index contributed by atoms with van der Waals surface area (Å²) in [7, 11) is 0. The number of carbonyl (C=O) groups excluding carboxylic acids is 1. The number of hydrogen-bond donors (Lipinski definition) is 0. The maximum atomic E-state index is 13.4. The van der Waals surface area contributed by atoms with Crippen LogP contribution >= 0.6 is 11.8 Å². The van der Waals surface area contributed by atoms with E-state index in [0.717, 1.165) is 29.5 Å². The standard InChI is InChI=1S/C24H25N3OS/c28-23-22(15-17-7-3-1-4-8-17)29-24(26-25-16-18-9-5-2-6-10-18)27(23)21-14-19-11-12-20(21)13-19/h1-10,16,19-22H,11-15H2/b25-16-,26-24+/t19-,20-,21+,22+/m1/s1. The maximum Gasteiger partial charge on any atom is 0.242 e. The van der Waals surface area contributed by atoms with Gasteiger partial charge in [0.2, 0.25) is 5.91 Å². The van der Waals surface area contributed by atoms with Crippen molar-refractivity contribution in [3.8, 4) is 0 Å². The second-order valence-electron chi connectivity index (χ2n) is 8.28. The van der Waals surface area contributed by atoms with Crippen LogP contribution in [0.5, 0.6) is 0 Å². The fraction of sp³-hybridized carbons (Fsp3) is 0.375. The molecule has 0 unspecified atom stereocenters. The van der Waals surface area contributed by atoms with Gasteiger partial charge in [-0.1, -0.05) is 78.8 Å². The first-order valence-corrected chi connectivity index (χ1v) is 11.4. The normalized spacial score (nSPS) is 30.1. The molecule has 4 atom stereocenters. The first kappa shape index (κ1) is 18.6. The molecule has 2 bridgehead atoms. The van der Waals surface area contributed by atoms with Crippen LogP contribution < -0.4 is 0 Å². The van der Waals surface area contributed by atoms with Crippen LogP contribution in [0.25, 0.3) is 0 Å². The van der Waals surface area contributed by atoms with E-state index in [9.17, 15) is 4.79 Å². The Morgan fingerprint density at radius 3 is 2.45 bits per heavy atom. The molecule has 2 aromatic rings. The smallest absolute Gasteiger partial charge is 0.242 e. The molecule has 0 spiro atoms. The number of benzene rings is 2. The van der Waals surface area contributed by atoms with Gasteiger partial charge in [-0.15, -0.1) is 5.10 Å². The van der Waals surface area contributed by atoms with Gasteiger partial charge in [-0.3, -0.25) is 9.69 Å². The number of hydrogen-bond acceptors (Lipinski definition) is 4. The fourth-order valence-corrected chi connectivity index (χ4v) is 6.21. The van der Waals surface area contributed by atoms with Crippen LogP contribution in [0.2, 0.25) is 0 Å². The Morgan fingerprint density at radius 1 is 1.00 bits per heavy atom. The van der Waals surface area contributed by atoms with Gasteiger partial charge < -0.3 is 0 Å². The van der Waals surface area contributed by atoms with Crippen molar-refractivity contribution >= 4 is 29.1 Å². The quantitative estimate of drug-likeness (QED) is 0.534. The van der Waals surface area contributed by atoms with E-state index in [2.05, 4.69) is 22.3 Å². The van der Waals surface area contributed by atoms with Crippen molar-refractivity contribution in [3.05, 3.63) is 71.8 Å². The average Bonchev–Trinajstić information content (AvgIpc) is 3.45. The lowest BCUT2D eigenvalue weighted by Gasteiger charge is -2.30. The third kappa shape index (κ3) is 3.88. The monoisotopic (exact) mass is 403 g/mol. The Balaban J connectivity index is 1.39. The van der Waals surface area contributed by atoms with E-state index in [1.165, 1.54) is 24.8 Å². The molecule has 2 saturated carbocycles. The van der Waals surface area contributed by atoms with Crippen LogP contribution in [0.1, 0.15) is 36.8 Å². The first-order chi connectivity index (χ1) is 14.3. The largest absolute Gasteiger partial charge is 0.285 e. The number of thioether (sulfide) groups is 1. The fourth-order valence-electron chi connectivity index (χ4n) is 5.03. The van der Waals surface area contributed by atoms with Crippen molar-refractivity contribution in [1.29, 1.82) is 0 Å². The first-order valence-electron chi connectivity index (χ1n) is 10.5. The summed E-state index contributed by atoms with van der Waals surface area (Å²) in [6.45, 7) is 0. The Labute approximate surface area is 176 Å². The molecule has 1 amide bonds. The molecule has 3 fully saturated rings. The predicted octanol–water partition coefficient (Wildman–Crippen LogP) is 4.75. The Morgan fingerprint density at radius 2 is 1.76 bits per heavy atom. The van der Waals surface area contributed by atoms with Crippen LogP contribution in [-0.2, 0) is 11.2 Å². The van der Waals surface area contributed by atoms with Gasteiger partial charge in [0, 0.05) is 6.04 Å². The van der Waals surface area contributed by atoms with Crippen molar-refractivity contribution in [2.45, 2.75) is 43.4 Å². The van der Waals surface area contributed by atoms with E-state index >= 15 is 0 Å². The predicted molar refractivity (Wildman–Crippen MR) is 119 cm³/mol. The molecule has 1 saturated heterocycles. The molecule has 2 aliphatic carbocycles. The number of fused-ring (bicyclic) bond motifs is 2. The zero-order valence-electron chi connectivity index (χ0n) is 16.4. The third-order valence-electron chi connectivity index (χ3n) is 6.41. The Bertz CT molecular complexity index is 928. The third-order valence-corrected chi connectivity index (χ3v) is 7.55. The summed E-state index contributed by atoms with van der Waals surface area (Å²) in [6, 6.07) is 20.5. The second kappa shape index (κ2) is 8.15. The maximum absolute atomic E-state index is 13.4. The molecule has 29 heavy (non-hydrogen) atoms. The van der Waals surface area contributed by atoms with E-state index in [0.29, 0.717) is 12.0 Å². The zero-order valence-corrected chi connectivity index (χ0v) is 17.2. The number of rotatable bonds is 5. The molecular weight excluding hydrogens is 378 g/mol. The van der Waals surface area contributed by atoms with Crippen LogP contribution in [0, 0.1) is 11.8 Å². The summed E-state index contributed by atoms with van der Waals surface area (Å²) in [6.07, 6.45) is 7.46. The molecule has 4 nitrogen and oxygen atoms in total. The molecule has 5 rings (SSSR count). The highest BCUT2D eigenvalue weighted by atomic mass is 32.2. The average molecular weight is 404 g/mol. The van der Waals surface area contributed by atoms with Crippen molar-refractivity contribution in [3.63, 3.8) is 0 Å². The van der Waals surface area contributed by atoms with Gasteiger partial charge in [0.25, 0.3) is 0 Å². The molecule has 0 radical (unpaired) electrons. The molecule has 5 heteroatoms. The minimum atomic E-state index is -0.109. The molecule has 148 valence electrons. The minimum absolute atomic E-state index is 0.109. The molecule has 1 heterocycles. The highest BCUT2D eigenvalue weighted by molar-refractivity contribution is 8.15. The highest BCUT2D eigenvalue weighted by Crippen LogP contribution is 2.49. The summed E-state index contributed by atoms with van der Waals surface area (Å²) in [4.78, 5) is 15.4. The summed E-state index contributed by atoms with van der Waals surface area (Å²) in [5.41, 5.74) is 2.21. The van der Waals surface area contributed by atoms with Crippen molar-refractivity contribution in [1.82, 2.24) is 4.90 Å². The van der Waals surface area contributed by atoms with Crippen molar-refractivity contribution in [2.75, 3.05) is 0 Å². The molecule has 0 aromatic heterocycles. The number of amides is 1. The lowest BCUT2D eigenvalue weighted by molar-refractivity contribution is -0.128. The van der Waals surface area contributed by atoms with Crippen LogP contribution in [0.4, 0.5) is 0 Å². The summed E-state index contributed by atoms with van der Waals surface area (Å²) < 4.78 is 0. The Kier molecular flexibility index (Phi) is 5.23. The summed E-state index contributed by atoms with van der Waals surface area (Å²) in [5, 5.41) is 9.53. The number of carbonyl (C=O) groups is 1. The van der Waals surface area contributed by atoms with E-state index in [-0.39, 0.29) is 11.2 Å². The zero-order chi connectivity index (χ0) is 19.6. The summed E-state index contributed by atoms with van der Waals surface area (Å²) >= 11 is 1.58. The lowest BCUT2D eigenvalue weighted by Crippen LogP contribution is -2.44. The van der Waals surface area contributed by atoms with Crippen LogP contribution in [0.15, 0.2) is 70.9 Å². The van der Waals surface area contributed by atoms with E-state index in [1.807, 2.05) is 53.4 Å². The van der Waals surface area contributed by atoms with Crippen molar-refractivity contribution in [2.24, 2.45) is 22.0 Å². The molecule has 0 N–H and O–H groups in total. The highest BCUT2D eigenvalue weighted by Gasteiger charge is 2.49. The van der Waals surface area contributed by atoms with E-state index in [4.69, 9.17) is 0 Å². The van der Waals surface area contributed by atoms with Gasteiger partial charge in [-0.25, -0.2) is 0 Å². The van der Waals surface area contributed by atoms with E-state index < -0.39 is 0 Å². The van der Waals surface area contributed by atoms with Crippen LogP contribution in [0.3, 0.4) is 0 Å². The summed E-state index contributed by atoms with van der Waals surface area (Å²) in [5.74, 6) is 1.62. The van der Waals surface area contributed by atoms with Gasteiger partial charge in [0.05, 0.1) is 11.5 Å². The molecular formula is C24H25N3OS. The van der Waals surface area contributed by atoms with E-state index in [1.54, 1.807) is 18.0 Å².